The highest BCUT2D eigenvalue weighted by atomic mass is 16.2. The number of allylic oxidation sites excluding steroid dienone is 2. The second-order valence-corrected chi connectivity index (χ2v) is 7.52. The number of amides is 3. The molecule has 0 bridgehead atoms. The Kier molecular flexibility index (Phi) is 4.59. The third-order valence-electron chi connectivity index (χ3n) is 5.38. The van der Waals surface area contributed by atoms with E-state index in [0.29, 0.717) is 29.8 Å². The minimum absolute atomic E-state index is 0.217. The third-order valence-corrected chi connectivity index (χ3v) is 5.38. The molecule has 0 aromatic heterocycles. The Hall–Kier alpha value is -3.21. The zero-order chi connectivity index (χ0) is 19.8. The number of nitrogens with zero attached hydrogens (tertiary/aromatic N) is 1. The molecule has 3 amide bonds. The first kappa shape index (κ1) is 18.2. The highest BCUT2D eigenvalue weighted by Gasteiger charge is 2.48. The molecule has 1 aliphatic carbocycles. The van der Waals surface area contributed by atoms with E-state index in [4.69, 9.17) is 0 Å². The highest BCUT2D eigenvalue weighted by Crippen LogP contribution is 2.38. The van der Waals surface area contributed by atoms with Gasteiger partial charge in [-0.25, -0.2) is 4.90 Å². The maximum atomic E-state index is 13.0. The topological polar surface area (TPSA) is 66.5 Å². The lowest BCUT2D eigenvalue weighted by Gasteiger charge is -2.18. The minimum atomic E-state index is -0.339. The van der Waals surface area contributed by atoms with Gasteiger partial charge in [-0.1, -0.05) is 30.4 Å². The van der Waals surface area contributed by atoms with Gasteiger partial charge in [0.2, 0.25) is 11.8 Å². The summed E-state index contributed by atoms with van der Waals surface area (Å²) in [6.07, 6.45) is 5.05. The molecule has 2 aromatic rings. The number of hydrogen-bond acceptors (Lipinski definition) is 3. The van der Waals surface area contributed by atoms with Crippen LogP contribution in [0.4, 0.5) is 11.4 Å². The van der Waals surface area contributed by atoms with E-state index in [1.165, 1.54) is 4.90 Å². The summed E-state index contributed by atoms with van der Waals surface area (Å²) < 4.78 is 0. The molecule has 1 saturated heterocycles. The maximum absolute atomic E-state index is 13.0. The van der Waals surface area contributed by atoms with Gasteiger partial charge in [-0.05, 0) is 62.1 Å². The molecule has 0 saturated carbocycles. The van der Waals surface area contributed by atoms with Crippen LogP contribution in [-0.2, 0) is 9.59 Å². The number of carbonyl (C=O) groups is 3. The number of para-hydroxylation sites is 1. The molecule has 0 unspecified atom stereocenters. The molecule has 28 heavy (non-hydrogen) atoms. The van der Waals surface area contributed by atoms with Gasteiger partial charge >= 0.3 is 0 Å². The Bertz CT molecular complexity index is 962. The number of carbonyl (C=O) groups excluding carboxylic acids is 3. The van der Waals surface area contributed by atoms with Gasteiger partial charge in [-0.15, -0.1) is 0 Å². The van der Waals surface area contributed by atoms with Crippen LogP contribution in [0, 0.1) is 25.7 Å². The van der Waals surface area contributed by atoms with Crippen molar-refractivity contribution in [2.24, 2.45) is 11.8 Å². The fourth-order valence-corrected chi connectivity index (χ4v) is 4.14. The molecular weight excluding hydrogens is 352 g/mol. The molecule has 0 spiro atoms. The summed E-state index contributed by atoms with van der Waals surface area (Å²) in [5.41, 5.74) is 3.45. The van der Waals surface area contributed by atoms with Gasteiger partial charge in [-0.2, -0.15) is 0 Å². The fourth-order valence-electron chi connectivity index (χ4n) is 4.14. The van der Waals surface area contributed by atoms with Crippen LogP contribution in [0.15, 0.2) is 54.6 Å². The lowest BCUT2D eigenvalue weighted by atomic mass is 9.85. The van der Waals surface area contributed by atoms with Crippen molar-refractivity contribution in [3.05, 3.63) is 71.3 Å². The predicted octanol–water partition coefficient (Wildman–Crippen LogP) is 4.01. The van der Waals surface area contributed by atoms with Crippen molar-refractivity contribution in [2.75, 3.05) is 10.2 Å². The zero-order valence-corrected chi connectivity index (χ0v) is 15.9. The van der Waals surface area contributed by atoms with Crippen LogP contribution in [-0.4, -0.2) is 17.7 Å². The van der Waals surface area contributed by atoms with E-state index in [-0.39, 0.29) is 29.6 Å². The first-order valence-corrected chi connectivity index (χ1v) is 9.47. The van der Waals surface area contributed by atoms with E-state index < -0.39 is 0 Å². The molecule has 4 rings (SSSR count). The van der Waals surface area contributed by atoms with E-state index in [0.717, 1.165) is 11.1 Å². The molecule has 2 aliphatic rings. The molecule has 1 N–H and O–H groups in total. The second kappa shape index (κ2) is 7.08. The van der Waals surface area contributed by atoms with Crippen LogP contribution in [0.5, 0.6) is 0 Å². The summed E-state index contributed by atoms with van der Waals surface area (Å²) in [6.45, 7) is 3.93. The SMILES string of the molecule is Cc1cc(C)cc(NC(=O)c2ccccc2N2C(=O)[C@H]3CC=CC[C@H]3C2=O)c1. The normalized spacial score (nSPS) is 21.0. The Morgan fingerprint density at radius 1 is 0.929 bits per heavy atom. The van der Waals surface area contributed by atoms with Gasteiger partial charge in [-0.3, -0.25) is 14.4 Å². The summed E-state index contributed by atoms with van der Waals surface area (Å²) in [5, 5.41) is 2.90. The van der Waals surface area contributed by atoms with Gasteiger partial charge < -0.3 is 5.32 Å². The lowest BCUT2D eigenvalue weighted by molar-refractivity contribution is -0.122. The van der Waals surface area contributed by atoms with Crippen molar-refractivity contribution in [1.82, 2.24) is 0 Å². The van der Waals surface area contributed by atoms with Crippen LogP contribution in [0.25, 0.3) is 0 Å². The molecule has 142 valence electrons. The highest BCUT2D eigenvalue weighted by molar-refractivity contribution is 6.25. The van der Waals surface area contributed by atoms with E-state index in [1.807, 2.05) is 44.2 Å². The number of fused-ring (bicyclic) bond motifs is 1. The van der Waals surface area contributed by atoms with E-state index in [1.54, 1.807) is 24.3 Å². The number of anilines is 2. The molecule has 5 heteroatoms. The smallest absolute Gasteiger partial charge is 0.257 e. The molecule has 5 nitrogen and oxygen atoms in total. The molecule has 0 radical (unpaired) electrons. The number of rotatable bonds is 3. The minimum Gasteiger partial charge on any atom is -0.322 e. The summed E-state index contributed by atoms with van der Waals surface area (Å²) in [5.74, 6) is -1.42. The van der Waals surface area contributed by atoms with E-state index in [2.05, 4.69) is 5.32 Å². The zero-order valence-electron chi connectivity index (χ0n) is 15.9. The van der Waals surface area contributed by atoms with Crippen molar-refractivity contribution in [2.45, 2.75) is 26.7 Å². The van der Waals surface area contributed by atoms with Crippen LogP contribution >= 0.6 is 0 Å². The number of hydrogen-bond donors (Lipinski definition) is 1. The Morgan fingerprint density at radius 2 is 1.50 bits per heavy atom. The molecule has 1 heterocycles. The van der Waals surface area contributed by atoms with Gasteiger partial charge in [0.1, 0.15) is 0 Å². The molecule has 1 aliphatic heterocycles. The predicted molar refractivity (Wildman–Crippen MR) is 108 cm³/mol. The lowest BCUT2D eigenvalue weighted by Crippen LogP contribution is -2.33. The molecular formula is C23H22N2O3. The molecule has 2 atom stereocenters. The van der Waals surface area contributed by atoms with Gasteiger partial charge in [0.05, 0.1) is 23.1 Å². The average molecular weight is 374 g/mol. The van der Waals surface area contributed by atoms with Gasteiger partial charge in [0, 0.05) is 5.69 Å². The van der Waals surface area contributed by atoms with Crippen molar-refractivity contribution in [3.63, 3.8) is 0 Å². The van der Waals surface area contributed by atoms with Crippen LogP contribution in [0.1, 0.15) is 34.3 Å². The Morgan fingerprint density at radius 3 is 2.11 bits per heavy atom. The fraction of sp³-hybridized carbons (Fsp3) is 0.261. The van der Waals surface area contributed by atoms with Gasteiger partial charge in [0.25, 0.3) is 5.91 Å². The largest absolute Gasteiger partial charge is 0.322 e. The number of nitrogens with one attached hydrogen (secondary N) is 1. The van der Waals surface area contributed by atoms with E-state index in [9.17, 15) is 14.4 Å². The van der Waals surface area contributed by atoms with E-state index >= 15 is 0 Å². The molecule has 1 fully saturated rings. The third kappa shape index (κ3) is 3.13. The molecule has 2 aromatic carbocycles. The standard InChI is InChI=1S/C23H22N2O3/c1-14-11-15(2)13-16(12-14)24-21(26)19-9-5-6-10-20(19)25-22(27)17-7-3-4-8-18(17)23(25)28/h3-6,9-13,17-18H,7-8H2,1-2H3,(H,24,26)/t17-,18+. The number of aryl methyl sites for hydroxylation is 2. The summed E-state index contributed by atoms with van der Waals surface area (Å²) >= 11 is 0. The second-order valence-electron chi connectivity index (χ2n) is 7.52. The van der Waals surface area contributed by atoms with Crippen molar-refractivity contribution >= 4 is 29.1 Å². The van der Waals surface area contributed by atoms with Crippen LogP contribution in [0.2, 0.25) is 0 Å². The van der Waals surface area contributed by atoms with Crippen molar-refractivity contribution in [1.29, 1.82) is 0 Å². The number of imide groups is 1. The maximum Gasteiger partial charge on any atom is 0.257 e. The average Bonchev–Trinajstić information content (AvgIpc) is 2.92. The van der Waals surface area contributed by atoms with Gasteiger partial charge in [0.15, 0.2) is 0 Å². The summed E-state index contributed by atoms with van der Waals surface area (Å²) in [4.78, 5) is 40.0. The quantitative estimate of drug-likeness (QED) is 0.652. The van der Waals surface area contributed by atoms with Crippen LogP contribution < -0.4 is 10.2 Å². The Labute approximate surface area is 164 Å². The van der Waals surface area contributed by atoms with Crippen molar-refractivity contribution in [3.8, 4) is 0 Å². The monoisotopic (exact) mass is 374 g/mol. The Balaban J connectivity index is 1.66. The summed E-state index contributed by atoms with van der Waals surface area (Å²) in [6, 6.07) is 12.6. The summed E-state index contributed by atoms with van der Waals surface area (Å²) in [7, 11) is 0. The first-order valence-electron chi connectivity index (χ1n) is 9.47. The number of benzene rings is 2. The first-order chi connectivity index (χ1) is 13.5. The van der Waals surface area contributed by atoms with Crippen LogP contribution in [0.3, 0.4) is 0 Å². The van der Waals surface area contributed by atoms with Crippen molar-refractivity contribution < 1.29 is 14.4 Å².